The molecule has 104 valence electrons. The van der Waals surface area contributed by atoms with Crippen LogP contribution in [0.3, 0.4) is 0 Å². The van der Waals surface area contributed by atoms with E-state index < -0.39 is 22.5 Å². The summed E-state index contributed by atoms with van der Waals surface area (Å²) in [6.45, 7) is 0. The van der Waals surface area contributed by atoms with Crippen molar-refractivity contribution in [3.8, 4) is 11.1 Å². The Hall–Kier alpha value is -2.01. The van der Waals surface area contributed by atoms with Gasteiger partial charge in [0.1, 0.15) is 11.6 Å². The number of carbonyl (C=O) groups excluding carboxylic acids is 1. The molecule has 5 heteroatoms. The molecular formula is C15H14FNO2S. The molecule has 0 aliphatic carbocycles. The third-order valence-electron chi connectivity index (χ3n) is 2.78. The van der Waals surface area contributed by atoms with E-state index in [1.807, 2.05) is 30.3 Å². The van der Waals surface area contributed by atoms with Crippen LogP contribution < -0.4 is 5.73 Å². The summed E-state index contributed by atoms with van der Waals surface area (Å²) in [5.74, 6) is -1.34. The van der Waals surface area contributed by atoms with Crippen molar-refractivity contribution >= 4 is 16.7 Å². The second-order valence-corrected chi connectivity index (χ2v) is 5.82. The Bertz CT molecular complexity index is 644. The van der Waals surface area contributed by atoms with E-state index in [2.05, 4.69) is 0 Å². The lowest BCUT2D eigenvalue weighted by atomic mass is 10.0. The zero-order valence-electron chi connectivity index (χ0n) is 10.7. The summed E-state index contributed by atoms with van der Waals surface area (Å²) < 4.78 is 25.6. The topological polar surface area (TPSA) is 60.2 Å². The molecule has 0 aliphatic heterocycles. The highest BCUT2D eigenvalue weighted by molar-refractivity contribution is 7.84. The fraction of sp³-hybridized carbons (Fsp3) is 0.133. The number of primary amides is 1. The molecule has 0 fully saturated rings. The van der Waals surface area contributed by atoms with Crippen LogP contribution in [0.4, 0.5) is 4.39 Å². The van der Waals surface area contributed by atoms with Crippen molar-refractivity contribution in [3.63, 3.8) is 0 Å². The molecule has 2 aromatic rings. The number of carbonyl (C=O) groups is 1. The van der Waals surface area contributed by atoms with E-state index >= 15 is 0 Å². The minimum Gasteiger partial charge on any atom is -0.369 e. The van der Waals surface area contributed by atoms with Gasteiger partial charge < -0.3 is 5.73 Å². The van der Waals surface area contributed by atoms with E-state index in [0.29, 0.717) is 5.56 Å². The zero-order chi connectivity index (χ0) is 14.5. The Kier molecular flexibility index (Phi) is 4.63. The van der Waals surface area contributed by atoms with Crippen LogP contribution in [-0.2, 0) is 21.3 Å². The standard InChI is InChI=1S/C15H14FNO2S/c16-14-8-12(11-4-2-1-3-5-11)6-7-13(14)9-20(19)10-15(17)18/h1-8H,9-10H2,(H2,17,18)/t20-/m1/s1. The largest absolute Gasteiger partial charge is 0.369 e. The maximum Gasteiger partial charge on any atom is 0.230 e. The molecule has 0 spiro atoms. The van der Waals surface area contributed by atoms with Crippen LogP contribution in [0, 0.1) is 5.82 Å². The van der Waals surface area contributed by atoms with Crippen molar-refractivity contribution in [1.82, 2.24) is 0 Å². The Morgan fingerprint density at radius 2 is 1.80 bits per heavy atom. The Morgan fingerprint density at radius 3 is 2.40 bits per heavy atom. The first-order valence-electron chi connectivity index (χ1n) is 6.03. The van der Waals surface area contributed by atoms with Crippen molar-refractivity contribution in [2.45, 2.75) is 5.75 Å². The monoisotopic (exact) mass is 291 g/mol. The number of nitrogens with two attached hydrogens (primary N) is 1. The first kappa shape index (κ1) is 14.4. The summed E-state index contributed by atoms with van der Waals surface area (Å²) in [6.07, 6.45) is 0. The Labute approximate surface area is 119 Å². The van der Waals surface area contributed by atoms with Crippen LogP contribution >= 0.6 is 0 Å². The van der Waals surface area contributed by atoms with E-state index in [-0.39, 0.29) is 11.5 Å². The van der Waals surface area contributed by atoms with Crippen molar-refractivity contribution in [1.29, 1.82) is 0 Å². The van der Waals surface area contributed by atoms with Crippen molar-refractivity contribution in [2.75, 3.05) is 5.75 Å². The molecule has 0 aliphatic rings. The van der Waals surface area contributed by atoms with Gasteiger partial charge in [0.2, 0.25) is 5.91 Å². The van der Waals surface area contributed by atoms with Gasteiger partial charge in [-0.25, -0.2) is 4.39 Å². The summed E-state index contributed by atoms with van der Waals surface area (Å²) in [5, 5.41) is 0. The minimum atomic E-state index is -1.48. The molecule has 0 radical (unpaired) electrons. The highest BCUT2D eigenvalue weighted by Gasteiger charge is 2.10. The lowest BCUT2D eigenvalue weighted by Gasteiger charge is -2.06. The molecule has 0 saturated heterocycles. The van der Waals surface area contributed by atoms with Crippen molar-refractivity contribution < 1.29 is 13.4 Å². The van der Waals surface area contributed by atoms with E-state index in [1.54, 1.807) is 12.1 Å². The SMILES string of the molecule is NC(=O)C[S@](=O)Cc1ccc(-c2ccccc2)cc1F. The van der Waals surface area contributed by atoms with Crippen LogP contribution in [0.25, 0.3) is 11.1 Å². The Balaban J connectivity index is 2.18. The normalized spacial score (nSPS) is 12.1. The van der Waals surface area contributed by atoms with Crippen molar-refractivity contribution in [2.24, 2.45) is 5.73 Å². The molecule has 2 rings (SSSR count). The highest BCUT2D eigenvalue weighted by Crippen LogP contribution is 2.22. The van der Waals surface area contributed by atoms with Gasteiger partial charge in [0.25, 0.3) is 0 Å². The lowest BCUT2D eigenvalue weighted by molar-refractivity contribution is -0.115. The van der Waals surface area contributed by atoms with Crippen LogP contribution in [0.15, 0.2) is 48.5 Å². The number of halogens is 1. The molecule has 0 saturated carbocycles. The second kappa shape index (κ2) is 6.43. The van der Waals surface area contributed by atoms with Crippen LogP contribution in [0.1, 0.15) is 5.56 Å². The van der Waals surface area contributed by atoms with Gasteiger partial charge in [-0.3, -0.25) is 9.00 Å². The molecule has 2 aromatic carbocycles. The number of hydrogen-bond donors (Lipinski definition) is 1. The predicted octanol–water partition coefficient (Wildman–Crippen LogP) is 2.23. The zero-order valence-corrected chi connectivity index (χ0v) is 11.5. The summed E-state index contributed by atoms with van der Waals surface area (Å²) in [7, 11) is -1.48. The van der Waals surface area contributed by atoms with E-state index in [4.69, 9.17) is 5.73 Å². The van der Waals surface area contributed by atoms with Crippen LogP contribution in [0.2, 0.25) is 0 Å². The molecule has 2 N–H and O–H groups in total. The molecule has 3 nitrogen and oxygen atoms in total. The molecule has 1 atom stereocenters. The quantitative estimate of drug-likeness (QED) is 0.918. The second-order valence-electron chi connectivity index (χ2n) is 4.37. The van der Waals surface area contributed by atoms with Gasteiger partial charge in [-0.15, -0.1) is 0 Å². The number of rotatable bonds is 5. The average molecular weight is 291 g/mol. The molecule has 20 heavy (non-hydrogen) atoms. The molecule has 0 heterocycles. The van der Waals surface area contributed by atoms with Gasteiger partial charge in [0.15, 0.2) is 0 Å². The smallest absolute Gasteiger partial charge is 0.230 e. The first-order valence-corrected chi connectivity index (χ1v) is 7.52. The highest BCUT2D eigenvalue weighted by atomic mass is 32.2. The lowest BCUT2D eigenvalue weighted by Crippen LogP contribution is -2.20. The average Bonchev–Trinajstić information content (AvgIpc) is 2.41. The summed E-state index contributed by atoms with van der Waals surface area (Å²) in [6, 6.07) is 14.2. The van der Waals surface area contributed by atoms with Crippen LogP contribution in [-0.4, -0.2) is 15.9 Å². The Morgan fingerprint density at radius 1 is 1.10 bits per heavy atom. The number of hydrogen-bond acceptors (Lipinski definition) is 2. The van der Waals surface area contributed by atoms with Gasteiger partial charge in [-0.1, -0.05) is 42.5 Å². The third kappa shape index (κ3) is 3.74. The predicted molar refractivity (Wildman–Crippen MR) is 77.7 cm³/mol. The number of amides is 1. The molecule has 1 amide bonds. The van der Waals surface area contributed by atoms with Gasteiger partial charge in [0, 0.05) is 16.4 Å². The van der Waals surface area contributed by atoms with Gasteiger partial charge in [-0.2, -0.15) is 0 Å². The van der Waals surface area contributed by atoms with Gasteiger partial charge in [0.05, 0.1) is 5.75 Å². The number of benzene rings is 2. The van der Waals surface area contributed by atoms with E-state index in [0.717, 1.165) is 11.1 Å². The van der Waals surface area contributed by atoms with E-state index in [9.17, 15) is 13.4 Å². The van der Waals surface area contributed by atoms with E-state index in [1.165, 1.54) is 6.07 Å². The summed E-state index contributed by atoms with van der Waals surface area (Å²) in [4.78, 5) is 10.7. The maximum atomic E-state index is 14.0. The minimum absolute atomic E-state index is 0.0101. The molecule has 0 unspecified atom stereocenters. The summed E-state index contributed by atoms with van der Waals surface area (Å²) in [5.41, 5.74) is 6.95. The molecule has 0 aromatic heterocycles. The summed E-state index contributed by atoms with van der Waals surface area (Å²) >= 11 is 0. The van der Waals surface area contributed by atoms with Crippen LogP contribution in [0.5, 0.6) is 0 Å². The fourth-order valence-electron chi connectivity index (χ4n) is 1.86. The molecule has 0 bridgehead atoms. The van der Waals surface area contributed by atoms with Gasteiger partial charge in [-0.05, 0) is 17.2 Å². The third-order valence-corrected chi connectivity index (χ3v) is 4.02. The molecular weight excluding hydrogens is 277 g/mol. The van der Waals surface area contributed by atoms with Crippen molar-refractivity contribution in [3.05, 3.63) is 59.9 Å². The van der Waals surface area contributed by atoms with Gasteiger partial charge >= 0.3 is 0 Å². The first-order chi connectivity index (χ1) is 9.56. The maximum absolute atomic E-state index is 14.0. The fourth-order valence-corrected chi connectivity index (χ4v) is 2.86.